The number of halogens is 3. The fourth-order valence-electron chi connectivity index (χ4n) is 1.14. The number of Topliss-reactive ketones (excluding diaryl/α,β-unsaturated/α-hetero) is 1. The van der Waals surface area contributed by atoms with Crippen molar-refractivity contribution in [2.24, 2.45) is 5.92 Å². The Morgan fingerprint density at radius 2 is 1.93 bits per heavy atom. The molecule has 0 aliphatic rings. The predicted octanol–water partition coefficient (Wildman–Crippen LogP) is 4.60. The molecule has 0 amide bonds. The molecule has 0 aromatic heterocycles. The van der Waals surface area contributed by atoms with Crippen molar-refractivity contribution in [2.75, 3.05) is 0 Å². The second-order valence-electron chi connectivity index (χ2n) is 3.63. The molecule has 82 valence electrons. The maximum absolute atomic E-state index is 11.9. The summed E-state index contributed by atoms with van der Waals surface area (Å²) in [5.74, 6) is 0.218. The van der Waals surface area contributed by atoms with Gasteiger partial charge in [0.2, 0.25) is 0 Å². The van der Waals surface area contributed by atoms with Crippen LogP contribution >= 0.6 is 39.1 Å². The van der Waals surface area contributed by atoms with Gasteiger partial charge in [-0.05, 0) is 24.1 Å². The molecule has 1 unspecified atom stereocenters. The summed E-state index contributed by atoms with van der Waals surface area (Å²) in [7, 11) is 0. The highest BCUT2D eigenvalue weighted by Gasteiger charge is 2.22. The number of hydrogen-bond acceptors (Lipinski definition) is 1. The van der Waals surface area contributed by atoms with E-state index in [9.17, 15) is 4.79 Å². The van der Waals surface area contributed by atoms with E-state index in [0.29, 0.717) is 15.6 Å². The minimum atomic E-state index is -0.212. The Kier molecular flexibility index (Phi) is 4.63. The van der Waals surface area contributed by atoms with Crippen molar-refractivity contribution in [1.29, 1.82) is 0 Å². The summed E-state index contributed by atoms with van der Waals surface area (Å²) in [6, 6.07) is 4.90. The first-order valence-corrected chi connectivity index (χ1v) is 6.24. The third-order valence-electron chi connectivity index (χ3n) is 2.03. The van der Waals surface area contributed by atoms with E-state index < -0.39 is 0 Å². The third kappa shape index (κ3) is 3.20. The van der Waals surface area contributed by atoms with Crippen LogP contribution in [0.15, 0.2) is 18.2 Å². The highest BCUT2D eigenvalue weighted by molar-refractivity contribution is 9.10. The van der Waals surface area contributed by atoms with E-state index >= 15 is 0 Å². The molecule has 1 rings (SSSR count). The van der Waals surface area contributed by atoms with Crippen LogP contribution < -0.4 is 0 Å². The van der Waals surface area contributed by atoms with Crippen LogP contribution in [-0.4, -0.2) is 10.6 Å². The molecular formula is C11H11BrCl2O. The first-order valence-electron chi connectivity index (χ1n) is 4.57. The Balaban J connectivity index is 3.01. The minimum Gasteiger partial charge on any atom is -0.293 e. The Labute approximate surface area is 108 Å². The van der Waals surface area contributed by atoms with Gasteiger partial charge in [0.05, 0.1) is 9.85 Å². The van der Waals surface area contributed by atoms with E-state index in [4.69, 9.17) is 23.2 Å². The predicted molar refractivity (Wildman–Crippen MR) is 68.3 cm³/mol. The molecule has 0 spiro atoms. The monoisotopic (exact) mass is 308 g/mol. The molecule has 15 heavy (non-hydrogen) atoms. The van der Waals surface area contributed by atoms with E-state index in [2.05, 4.69) is 15.9 Å². The number of carbonyl (C=O) groups is 1. The van der Waals surface area contributed by atoms with Crippen molar-refractivity contribution in [3.8, 4) is 0 Å². The van der Waals surface area contributed by atoms with E-state index in [0.717, 1.165) is 0 Å². The second-order valence-corrected chi connectivity index (χ2v) is 5.46. The zero-order valence-corrected chi connectivity index (χ0v) is 11.5. The highest BCUT2D eigenvalue weighted by atomic mass is 79.9. The van der Waals surface area contributed by atoms with Crippen LogP contribution in [0.25, 0.3) is 0 Å². The average molecular weight is 310 g/mol. The smallest absolute Gasteiger partial charge is 0.178 e. The number of benzene rings is 1. The van der Waals surface area contributed by atoms with E-state index in [-0.39, 0.29) is 16.5 Å². The van der Waals surface area contributed by atoms with Crippen LogP contribution in [0.5, 0.6) is 0 Å². The van der Waals surface area contributed by atoms with Crippen molar-refractivity contribution < 1.29 is 4.79 Å². The highest BCUT2D eigenvalue weighted by Crippen LogP contribution is 2.25. The largest absolute Gasteiger partial charge is 0.293 e. The van der Waals surface area contributed by atoms with Gasteiger partial charge in [0.15, 0.2) is 5.78 Å². The summed E-state index contributed by atoms with van der Waals surface area (Å²) < 4.78 is 0. The molecule has 1 aromatic rings. The Morgan fingerprint density at radius 3 is 2.40 bits per heavy atom. The van der Waals surface area contributed by atoms with Gasteiger partial charge in [-0.3, -0.25) is 4.79 Å². The van der Waals surface area contributed by atoms with E-state index in [1.54, 1.807) is 18.2 Å². The van der Waals surface area contributed by atoms with E-state index in [1.165, 1.54) is 0 Å². The minimum absolute atomic E-state index is 0.00772. The van der Waals surface area contributed by atoms with E-state index in [1.807, 2.05) is 13.8 Å². The van der Waals surface area contributed by atoms with Crippen LogP contribution in [0.4, 0.5) is 0 Å². The normalized spacial score (nSPS) is 12.9. The number of carbonyl (C=O) groups excluding carboxylic acids is 1. The lowest BCUT2D eigenvalue weighted by molar-refractivity contribution is 0.0978. The van der Waals surface area contributed by atoms with Crippen LogP contribution in [0.3, 0.4) is 0 Å². The van der Waals surface area contributed by atoms with Crippen LogP contribution in [0.2, 0.25) is 10.0 Å². The molecule has 4 heteroatoms. The maximum atomic E-state index is 11.9. The molecule has 0 heterocycles. The first kappa shape index (κ1) is 13.0. The summed E-state index contributed by atoms with van der Waals surface area (Å²) in [4.78, 5) is 11.7. The zero-order chi connectivity index (χ0) is 11.6. The number of rotatable bonds is 3. The van der Waals surface area contributed by atoms with Gasteiger partial charge in [-0.25, -0.2) is 0 Å². The van der Waals surface area contributed by atoms with Gasteiger partial charge in [-0.15, -0.1) is 0 Å². The van der Waals surface area contributed by atoms with Crippen molar-refractivity contribution in [3.63, 3.8) is 0 Å². The summed E-state index contributed by atoms with van der Waals surface area (Å²) >= 11 is 15.1. The third-order valence-corrected chi connectivity index (χ3v) is 4.05. The molecule has 0 fully saturated rings. The maximum Gasteiger partial charge on any atom is 0.178 e. The summed E-state index contributed by atoms with van der Waals surface area (Å²) in [5.41, 5.74) is 0.511. The Hall–Kier alpha value is -0.0500. The number of hydrogen-bond donors (Lipinski definition) is 0. The summed E-state index contributed by atoms with van der Waals surface area (Å²) in [6.45, 7) is 3.95. The van der Waals surface area contributed by atoms with Gasteiger partial charge < -0.3 is 0 Å². The number of alkyl halides is 1. The molecule has 0 bridgehead atoms. The van der Waals surface area contributed by atoms with Crippen LogP contribution in [0.1, 0.15) is 24.2 Å². The van der Waals surface area contributed by atoms with Gasteiger partial charge in [0.25, 0.3) is 0 Å². The summed E-state index contributed by atoms with van der Waals surface area (Å²) in [6.07, 6.45) is 0. The lowest BCUT2D eigenvalue weighted by Gasteiger charge is -2.13. The second kappa shape index (κ2) is 5.33. The topological polar surface area (TPSA) is 17.1 Å². The zero-order valence-electron chi connectivity index (χ0n) is 8.43. The van der Waals surface area contributed by atoms with Gasteiger partial charge in [-0.2, -0.15) is 0 Å². The average Bonchev–Trinajstić information content (AvgIpc) is 2.15. The Morgan fingerprint density at radius 1 is 1.33 bits per heavy atom. The Bertz CT molecular complexity index is 377. The molecule has 1 atom stereocenters. The molecule has 0 aliphatic carbocycles. The first-order chi connectivity index (χ1) is 6.93. The standard InChI is InChI=1S/C11H11BrCl2O/c1-6(2)10(12)11(15)8-4-3-7(13)5-9(8)14/h3-6,10H,1-2H3. The van der Waals surface area contributed by atoms with Crippen molar-refractivity contribution in [2.45, 2.75) is 18.7 Å². The fourth-order valence-corrected chi connectivity index (χ4v) is 1.89. The SMILES string of the molecule is CC(C)C(Br)C(=O)c1ccc(Cl)cc1Cl. The molecule has 1 nitrogen and oxygen atoms in total. The molecular weight excluding hydrogens is 299 g/mol. The van der Waals surface area contributed by atoms with Gasteiger partial charge in [0.1, 0.15) is 0 Å². The molecule has 0 aliphatic heterocycles. The van der Waals surface area contributed by atoms with Crippen molar-refractivity contribution >= 4 is 44.9 Å². The van der Waals surface area contributed by atoms with Crippen LogP contribution in [0, 0.1) is 5.92 Å². The van der Waals surface area contributed by atoms with Crippen molar-refractivity contribution in [3.05, 3.63) is 33.8 Å². The fraction of sp³-hybridized carbons (Fsp3) is 0.364. The van der Waals surface area contributed by atoms with Crippen LogP contribution in [-0.2, 0) is 0 Å². The number of ketones is 1. The van der Waals surface area contributed by atoms with Gasteiger partial charge in [-0.1, -0.05) is 53.0 Å². The van der Waals surface area contributed by atoms with Crippen molar-refractivity contribution in [1.82, 2.24) is 0 Å². The molecule has 0 saturated carbocycles. The molecule has 0 radical (unpaired) electrons. The van der Waals surface area contributed by atoms with Gasteiger partial charge in [0, 0.05) is 10.6 Å². The lowest BCUT2D eigenvalue weighted by Crippen LogP contribution is -2.20. The molecule has 0 saturated heterocycles. The lowest BCUT2D eigenvalue weighted by atomic mass is 10.0. The molecule has 0 N–H and O–H groups in total. The summed E-state index contributed by atoms with van der Waals surface area (Å²) in [5, 5.41) is 0.935. The van der Waals surface area contributed by atoms with Gasteiger partial charge >= 0.3 is 0 Å². The molecule has 1 aromatic carbocycles. The quantitative estimate of drug-likeness (QED) is 0.589.